The Labute approximate surface area is 179 Å². The molecule has 3 N–H and O–H groups in total. The van der Waals surface area contributed by atoms with Crippen LogP contribution in [0.2, 0.25) is 0 Å². The Balaban J connectivity index is 1.72. The van der Waals surface area contributed by atoms with E-state index in [1.165, 1.54) is 0 Å². The van der Waals surface area contributed by atoms with Crippen LogP contribution in [0.1, 0.15) is 40.1 Å². The standard InChI is InChI=1S/C23H23N5O3/c1-13-7-17(14(2)26-18-6-4-3-5-16(18)23(29)30)21-19(8-13)27-20(9-24)22(28-21)25-10-15-11-31-12-15/h3-8,14-15,26H,10-12H2,1-2H3,(H,25,28)(H,29,30)/t14-/m1/s1. The van der Waals surface area contributed by atoms with Crippen molar-refractivity contribution in [3.63, 3.8) is 0 Å². The predicted molar refractivity (Wildman–Crippen MR) is 117 cm³/mol. The number of aromatic nitrogens is 2. The van der Waals surface area contributed by atoms with Crippen molar-refractivity contribution in [1.29, 1.82) is 5.26 Å². The zero-order valence-corrected chi connectivity index (χ0v) is 17.3. The van der Waals surface area contributed by atoms with Gasteiger partial charge in [-0.15, -0.1) is 0 Å². The minimum atomic E-state index is -0.991. The summed E-state index contributed by atoms with van der Waals surface area (Å²) in [7, 11) is 0. The normalized spacial score (nSPS) is 14.5. The number of benzene rings is 2. The lowest BCUT2D eigenvalue weighted by atomic mass is 10.0. The summed E-state index contributed by atoms with van der Waals surface area (Å²) in [6.45, 7) is 5.97. The van der Waals surface area contributed by atoms with E-state index in [1.807, 2.05) is 26.0 Å². The molecule has 4 rings (SSSR count). The molecule has 0 aliphatic carbocycles. The molecule has 1 fully saturated rings. The molecule has 1 atom stereocenters. The number of nitriles is 1. The number of rotatable bonds is 7. The molecule has 0 unspecified atom stereocenters. The van der Waals surface area contributed by atoms with Crippen LogP contribution in [0.3, 0.4) is 0 Å². The molecule has 1 aliphatic rings. The minimum Gasteiger partial charge on any atom is -0.478 e. The summed E-state index contributed by atoms with van der Waals surface area (Å²) in [6, 6.07) is 12.6. The lowest BCUT2D eigenvalue weighted by Gasteiger charge is -2.26. The van der Waals surface area contributed by atoms with Crippen molar-refractivity contribution in [2.45, 2.75) is 19.9 Å². The SMILES string of the molecule is Cc1cc([C@@H](C)Nc2ccccc2C(=O)O)c2nc(NCC3COC3)c(C#N)nc2c1. The molecule has 0 spiro atoms. The van der Waals surface area contributed by atoms with E-state index in [9.17, 15) is 15.2 Å². The van der Waals surface area contributed by atoms with Gasteiger partial charge >= 0.3 is 5.97 Å². The summed E-state index contributed by atoms with van der Waals surface area (Å²) in [5.74, 6) is -0.144. The molecular formula is C23H23N5O3. The molecule has 0 saturated carbocycles. The Bertz CT molecular complexity index is 1180. The molecular weight excluding hydrogens is 394 g/mol. The van der Waals surface area contributed by atoms with Gasteiger partial charge < -0.3 is 20.5 Å². The second kappa shape index (κ2) is 8.58. The molecule has 0 radical (unpaired) electrons. The smallest absolute Gasteiger partial charge is 0.337 e. The van der Waals surface area contributed by atoms with Gasteiger partial charge in [0.15, 0.2) is 11.5 Å². The van der Waals surface area contributed by atoms with E-state index in [4.69, 9.17) is 9.72 Å². The van der Waals surface area contributed by atoms with Crippen molar-refractivity contribution in [2.24, 2.45) is 5.92 Å². The second-order valence-corrected chi connectivity index (χ2v) is 7.76. The van der Waals surface area contributed by atoms with Crippen LogP contribution >= 0.6 is 0 Å². The fraction of sp³-hybridized carbons (Fsp3) is 0.304. The van der Waals surface area contributed by atoms with Crippen LogP contribution in [0.15, 0.2) is 36.4 Å². The third kappa shape index (κ3) is 4.27. The summed E-state index contributed by atoms with van der Waals surface area (Å²) in [4.78, 5) is 20.8. The van der Waals surface area contributed by atoms with E-state index in [2.05, 4.69) is 21.7 Å². The average molecular weight is 417 g/mol. The van der Waals surface area contributed by atoms with E-state index < -0.39 is 5.97 Å². The predicted octanol–water partition coefficient (Wildman–Crippen LogP) is 3.74. The summed E-state index contributed by atoms with van der Waals surface area (Å²) >= 11 is 0. The van der Waals surface area contributed by atoms with Gasteiger partial charge in [0.1, 0.15) is 6.07 Å². The van der Waals surface area contributed by atoms with Gasteiger partial charge in [-0.25, -0.2) is 14.8 Å². The molecule has 158 valence electrons. The van der Waals surface area contributed by atoms with Gasteiger partial charge in [-0.3, -0.25) is 0 Å². The molecule has 1 aliphatic heterocycles. The molecule has 0 bridgehead atoms. The van der Waals surface area contributed by atoms with Crippen molar-refractivity contribution in [1.82, 2.24) is 9.97 Å². The second-order valence-electron chi connectivity index (χ2n) is 7.76. The monoisotopic (exact) mass is 417 g/mol. The maximum atomic E-state index is 11.6. The van der Waals surface area contributed by atoms with Crippen LogP contribution in [0.4, 0.5) is 11.5 Å². The Morgan fingerprint density at radius 3 is 2.77 bits per heavy atom. The first-order valence-corrected chi connectivity index (χ1v) is 10.1. The number of carbonyl (C=O) groups is 1. The zero-order chi connectivity index (χ0) is 22.0. The Kier molecular flexibility index (Phi) is 5.69. The fourth-order valence-corrected chi connectivity index (χ4v) is 3.61. The van der Waals surface area contributed by atoms with Crippen LogP contribution in [-0.2, 0) is 4.74 Å². The minimum absolute atomic E-state index is 0.203. The van der Waals surface area contributed by atoms with Crippen molar-refractivity contribution in [2.75, 3.05) is 30.4 Å². The largest absolute Gasteiger partial charge is 0.478 e. The van der Waals surface area contributed by atoms with Crippen LogP contribution in [-0.4, -0.2) is 40.8 Å². The lowest BCUT2D eigenvalue weighted by molar-refractivity contribution is -0.0248. The highest BCUT2D eigenvalue weighted by Crippen LogP contribution is 2.29. The van der Waals surface area contributed by atoms with Crippen LogP contribution in [0.5, 0.6) is 0 Å². The van der Waals surface area contributed by atoms with Crippen LogP contribution in [0.25, 0.3) is 11.0 Å². The lowest BCUT2D eigenvalue weighted by Crippen LogP contribution is -2.33. The number of aryl methyl sites for hydroxylation is 1. The van der Waals surface area contributed by atoms with Crippen LogP contribution < -0.4 is 10.6 Å². The number of hydrogen-bond acceptors (Lipinski definition) is 7. The van der Waals surface area contributed by atoms with E-state index in [-0.39, 0.29) is 17.3 Å². The van der Waals surface area contributed by atoms with Gasteiger partial charge in [0.2, 0.25) is 0 Å². The number of carboxylic acid groups (broad SMARTS) is 1. The molecule has 8 nitrogen and oxygen atoms in total. The first-order chi connectivity index (χ1) is 15.0. The number of anilines is 2. The molecule has 8 heteroatoms. The molecule has 1 aromatic heterocycles. The quantitative estimate of drug-likeness (QED) is 0.532. The summed E-state index contributed by atoms with van der Waals surface area (Å²) in [5, 5.41) is 25.6. The number of ether oxygens (including phenoxy) is 1. The topological polar surface area (TPSA) is 120 Å². The number of nitrogens with zero attached hydrogens (tertiary/aromatic N) is 3. The van der Waals surface area contributed by atoms with Crippen molar-refractivity contribution in [3.8, 4) is 6.07 Å². The molecule has 2 aromatic carbocycles. The highest BCUT2D eigenvalue weighted by atomic mass is 16.5. The van der Waals surface area contributed by atoms with E-state index in [1.54, 1.807) is 24.3 Å². The van der Waals surface area contributed by atoms with Gasteiger partial charge in [-0.2, -0.15) is 5.26 Å². The molecule has 31 heavy (non-hydrogen) atoms. The molecule has 0 amide bonds. The molecule has 3 aromatic rings. The van der Waals surface area contributed by atoms with Crippen LogP contribution in [0, 0.1) is 24.2 Å². The van der Waals surface area contributed by atoms with Gasteiger partial charge in [0, 0.05) is 23.7 Å². The van der Waals surface area contributed by atoms with E-state index in [0.717, 1.165) is 11.1 Å². The third-order valence-electron chi connectivity index (χ3n) is 5.31. The highest BCUT2D eigenvalue weighted by Gasteiger charge is 2.21. The number of para-hydroxylation sites is 1. The maximum Gasteiger partial charge on any atom is 0.337 e. The van der Waals surface area contributed by atoms with Gasteiger partial charge in [0.05, 0.1) is 35.9 Å². The van der Waals surface area contributed by atoms with Gasteiger partial charge in [0.25, 0.3) is 0 Å². The van der Waals surface area contributed by atoms with Crippen molar-refractivity contribution in [3.05, 3.63) is 58.8 Å². The van der Waals surface area contributed by atoms with Gasteiger partial charge in [-0.1, -0.05) is 18.2 Å². The number of fused-ring (bicyclic) bond motifs is 1. The highest BCUT2D eigenvalue weighted by molar-refractivity contribution is 5.94. The summed E-state index contributed by atoms with van der Waals surface area (Å²) < 4.78 is 5.21. The Morgan fingerprint density at radius 2 is 2.10 bits per heavy atom. The van der Waals surface area contributed by atoms with Gasteiger partial charge in [-0.05, 0) is 37.6 Å². The summed E-state index contributed by atoms with van der Waals surface area (Å²) in [5.41, 5.74) is 4.14. The summed E-state index contributed by atoms with van der Waals surface area (Å²) in [6.07, 6.45) is 0. The number of carboxylic acids is 1. The number of nitrogens with one attached hydrogen (secondary N) is 2. The Hall–Kier alpha value is -3.70. The number of hydrogen-bond donors (Lipinski definition) is 3. The third-order valence-corrected chi connectivity index (χ3v) is 5.31. The first-order valence-electron chi connectivity index (χ1n) is 10.1. The van der Waals surface area contributed by atoms with Crippen molar-refractivity contribution >= 4 is 28.5 Å². The fourth-order valence-electron chi connectivity index (χ4n) is 3.61. The Morgan fingerprint density at radius 1 is 1.32 bits per heavy atom. The van der Waals surface area contributed by atoms with E-state index in [0.29, 0.717) is 48.2 Å². The zero-order valence-electron chi connectivity index (χ0n) is 17.3. The first kappa shape index (κ1) is 20.6. The van der Waals surface area contributed by atoms with E-state index >= 15 is 0 Å². The number of aromatic carboxylic acids is 1. The van der Waals surface area contributed by atoms with Crippen molar-refractivity contribution < 1.29 is 14.6 Å². The molecule has 1 saturated heterocycles. The molecule has 2 heterocycles. The maximum absolute atomic E-state index is 11.6. The average Bonchev–Trinajstić information content (AvgIpc) is 2.71.